The second-order valence-electron chi connectivity index (χ2n) is 4.14. The molecule has 1 aromatic carbocycles. The summed E-state index contributed by atoms with van der Waals surface area (Å²) >= 11 is 1.89. The minimum absolute atomic E-state index is 0.279. The van der Waals surface area contributed by atoms with Gasteiger partial charge in [0, 0.05) is 18.3 Å². The van der Waals surface area contributed by atoms with Gasteiger partial charge in [0.15, 0.2) is 0 Å². The van der Waals surface area contributed by atoms with E-state index in [1.807, 2.05) is 23.9 Å². The van der Waals surface area contributed by atoms with E-state index in [9.17, 15) is 0 Å². The Balaban J connectivity index is 2.42. The molecular formula is C14H23NOS. The van der Waals surface area contributed by atoms with Gasteiger partial charge < -0.3 is 10.1 Å². The number of anilines is 1. The van der Waals surface area contributed by atoms with Crippen LogP contribution in [-0.4, -0.2) is 24.7 Å². The van der Waals surface area contributed by atoms with E-state index >= 15 is 0 Å². The number of ether oxygens (including phenoxy) is 1. The molecule has 1 aromatic rings. The van der Waals surface area contributed by atoms with Crippen molar-refractivity contribution < 1.29 is 4.74 Å². The van der Waals surface area contributed by atoms with Crippen LogP contribution in [0, 0.1) is 0 Å². The minimum Gasteiger partial charge on any atom is -0.491 e. The second kappa shape index (κ2) is 8.29. The van der Waals surface area contributed by atoms with Crippen LogP contribution in [0.5, 0.6) is 5.75 Å². The maximum atomic E-state index is 5.79. The molecule has 0 aliphatic rings. The zero-order chi connectivity index (χ0) is 12.5. The van der Waals surface area contributed by atoms with Gasteiger partial charge >= 0.3 is 0 Å². The molecule has 96 valence electrons. The van der Waals surface area contributed by atoms with E-state index in [2.05, 4.69) is 37.6 Å². The Morgan fingerprint density at radius 3 is 2.94 bits per heavy atom. The molecule has 0 spiro atoms. The largest absolute Gasteiger partial charge is 0.491 e. The Kier molecular flexibility index (Phi) is 6.94. The van der Waals surface area contributed by atoms with E-state index in [1.54, 1.807) is 0 Å². The molecule has 0 aliphatic heterocycles. The molecule has 0 amide bonds. The molecule has 0 aromatic heterocycles. The molecule has 0 saturated carbocycles. The maximum Gasteiger partial charge on any atom is 0.121 e. The van der Waals surface area contributed by atoms with Crippen molar-refractivity contribution in [3.8, 4) is 5.75 Å². The maximum absolute atomic E-state index is 5.79. The van der Waals surface area contributed by atoms with Gasteiger partial charge in [-0.2, -0.15) is 11.8 Å². The second-order valence-corrected chi connectivity index (χ2v) is 5.12. The van der Waals surface area contributed by atoms with Crippen LogP contribution in [0.1, 0.15) is 26.7 Å². The van der Waals surface area contributed by atoms with Crippen LogP contribution < -0.4 is 10.1 Å². The van der Waals surface area contributed by atoms with E-state index in [-0.39, 0.29) is 6.10 Å². The molecule has 1 rings (SSSR count). The van der Waals surface area contributed by atoms with Gasteiger partial charge in [0.2, 0.25) is 0 Å². The lowest BCUT2D eigenvalue weighted by Gasteiger charge is -2.14. The predicted molar refractivity (Wildman–Crippen MR) is 78.3 cm³/mol. The van der Waals surface area contributed by atoms with Gasteiger partial charge in [0.1, 0.15) is 5.75 Å². The summed E-state index contributed by atoms with van der Waals surface area (Å²) in [6.07, 6.45) is 4.64. The SMILES string of the molecule is CCC(C)Oc1cccc(NCCCSC)c1. The van der Waals surface area contributed by atoms with E-state index in [0.29, 0.717) is 0 Å². The summed E-state index contributed by atoms with van der Waals surface area (Å²) in [5.41, 5.74) is 1.15. The van der Waals surface area contributed by atoms with Gasteiger partial charge in [-0.15, -0.1) is 0 Å². The van der Waals surface area contributed by atoms with Gasteiger partial charge in [0.25, 0.3) is 0 Å². The fourth-order valence-electron chi connectivity index (χ4n) is 1.44. The predicted octanol–water partition coefficient (Wildman–Crippen LogP) is 4.03. The Morgan fingerprint density at radius 1 is 1.41 bits per heavy atom. The first-order valence-corrected chi connectivity index (χ1v) is 7.65. The van der Waals surface area contributed by atoms with E-state index in [0.717, 1.165) is 24.4 Å². The highest BCUT2D eigenvalue weighted by molar-refractivity contribution is 7.98. The van der Waals surface area contributed by atoms with Crippen LogP contribution in [0.2, 0.25) is 0 Å². The molecule has 2 nitrogen and oxygen atoms in total. The number of thioether (sulfide) groups is 1. The van der Waals surface area contributed by atoms with Crippen molar-refractivity contribution in [1.29, 1.82) is 0 Å². The van der Waals surface area contributed by atoms with Crippen LogP contribution in [0.15, 0.2) is 24.3 Å². The smallest absolute Gasteiger partial charge is 0.121 e. The molecule has 0 saturated heterocycles. The average molecular weight is 253 g/mol. The molecule has 0 fully saturated rings. The Hall–Kier alpha value is -0.830. The standard InChI is InChI=1S/C14H23NOS/c1-4-12(2)16-14-8-5-7-13(11-14)15-9-6-10-17-3/h5,7-8,11-12,15H,4,6,9-10H2,1-3H3. The molecule has 1 unspecified atom stereocenters. The fraction of sp³-hybridized carbons (Fsp3) is 0.571. The van der Waals surface area contributed by atoms with E-state index < -0.39 is 0 Å². The summed E-state index contributed by atoms with van der Waals surface area (Å²) in [5, 5.41) is 3.42. The lowest BCUT2D eigenvalue weighted by Crippen LogP contribution is -2.10. The third-order valence-electron chi connectivity index (χ3n) is 2.60. The van der Waals surface area contributed by atoms with Crippen molar-refractivity contribution in [2.24, 2.45) is 0 Å². The molecule has 0 bridgehead atoms. The van der Waals surface area contributed by atoms with E-state index in [4.69, 9.17) is 4.74 Å². The summed E-state index contributed by atoms with van der Waals surface area (Å²) in [6, 6.07) is 8.21. The average Bonchev–Trinajstić information content (AvgIpc) is 2.35. The highest BCUT2D eigenvalue weighted by Crippen LogP contribution is 2.19. The van der Waals surface area contributed by atoms with Crippen LogP contribution >= 0.6 is 11.8 Å². The third kappa shape index (κ3) is 5.87. The van der Waals surface area contributed by atoms with Crippen LogP contribution in [0.25, 0.3) is 0 Å². The molecule has 0 radical (unpaired) electrons. The number of rotatable bonds is 8. The Labute approximate surface area is 109 Å². The van der Waals surface area contributed by atoms with Gasteiger partial charge in [-0.3, -0.25) is 0 Å². The summed E-state index contributed by atoms with van der Waals surface area (Å²) in [6.45, 7) is 5.25. The minimum atomic E-state index is 0.279. The first-order chi connectivity index (χ1) is 8.26. The lowest BCUT2D eigenvalue weighted by atomic mass is 10.2. The monoisotopic (exact) mass is 253 g/mol. The van der Waals surface area contributed by atoms with Crippen LogP contribution in [0.3, 0.4) is 0 Å². The van der Waals surface area contributed by atoms with Crippen molar-refractivity contribution in [2.45, 2.75) is 32.8 Å². The van der Waals surface area contributed by atoms with Crippen molar-refractivity contribution in [2.75, 3.05) is 23.9 Å². The zero-order valence-corrected chi connectivity index (χ0v) is 11.8. The van der Waals surface area contributed by atoms with E-state index in [1.165, 1.54) is 12.2 Å². The summed E-state index contributed by atoms with van der Waals surface area (Å²) in [5.74, 6) is 2.16. The summed E-state index contributed by atoms with van der Waals surface area (Å²) < 4.78 is 5.79. The van der Waals surface area contributed by atoms with Gasteiger partial charge in [-0.25, -0.2) is 0 Å². The van der Waals surface area contributed by atoms with Crippen molar-refractivity contribution in [3.63, 3.8) is 0 Å². The van der Waals surface area contributed by atoms with Crippen LogP contribution in [-0.2, 0) is 0 Å². The zero-order valence-electron chi connectivity index (χ0n) is 11.0. The summed E-state index contributed by atoms with van der Waals surface area (Å²) in [4.78, 5) is 0. The highest BCUT2D eigenvalue weighted by atomic mass is 32.2. The van der Waals surface area contributed by atoms with Crippen LogP contribution in [0.4, 0.5) is 5.69 Å². The lowest BCUT2D eigenvalue weighted by molar-refractivity contribution is 0.217. The highest BCUT2D eigenvalue weighted by Gasteiger charge is 2.01. The fourth-order valence-corrected chi connectivity index (χ4v) is 1.88. The molecule has 1 atom stereocenters. The third-order valence-corrected chi connectivity index (χ3v) is 3.30. The molecule has 17 heavy (non-hydrogen) atoms. The van der Waals surface area contributed by atoms with Crippen molar-refractivity contribution in [3.05, 3.63) is 24.3 Å². The summed E-state index contributed by atoms with van der Waals surface area (Å²) in [7, 11) is 0. The first kappa shape index (κ1) is 14.2. The number of benzene rings is 1. The first-order valence-electron chi connectivity index (χ1n) is 6.25. The quantitative estimate of drug-likeness (QED) is 0.707. The molecule has 0 heterocycles. The Morgan fingerprint density at radius 2 is 2.24 bits per heavy atom. The molecule has 3 heteroatoms. The molecule has 0 aliphatic carbocycles. The topological polar surface area (TPSA) is 21.3 Å². The Bertz CT molecular complexity index is 317. The van der Waals surface area contributed by atoms with Gasteiger partial charge in [-0.1, -0.05) is 13.0 Å². The normalized spacial score (nSPS) is 12.2. The van der Waals surface area contributed by atoms with Gasteiger partial charge in [0.05, 0.1) is 6.10 Å². The number of hydrogen-bond donors (Lipinski definition) is 1. The van der Waals surface area contributed by atoms with Crippen molar-refractivity contribution in [1.82, 2.24) is 0 Å². The number of nitrogens with one attached hydrogen (secondary N) is 1. The number of hydrogen-bond acceptors (Lipinski definition) is 3. The van der Waals surface area contributed by atoms with Crippen molar-refractivity contribution >= 4 is 17.4 Å². The molecule has 1 N–H and O–H groups in total. The van der Waals surface area contributed by atoms with Gasteiger partial charge in [-0.05, 0) is 43.9 Å². The molecular weight excluding hydrogens is 230 g/mol.